The fraction of sp³-hybridized carbons (Fsp3) is 0.417. The maximum atomic E-state index is 12.0. The molecule has 1 aliphatic heterocycles. The summed E-state index contributed by atoms with van der Waals surface area (Å²) in [6, 6.07) is 5.33. The maximum Gasteiger partial charge on any atom is 0.195 e. The summed E-state index contributed by atoms with van der Waals surface area (Å²) in [4.78, 5) is 0. The molecule has 86 valence electrons. The highest BCUT2D eigenvalue weighted by atomic mass is 35.5. The molecule has 0 aromatic heterocycles. The molecule has 0 N–H and O–H groups in total. The predicted octanol–water partition coefficient (Wildman–Crippen LogP) is 3.87. The molecule has 1 heterocycles. The highest BCUT2D eigenvalue weighted by Gasteiger charge is 2.37. The van der Waals surface area contributed by atoms with Crippen molar-refractivity contribution in [3.8, 4) is 0 Å². The highest BCUT2D eigenvalue weighted by molar-refractivity contribution is 6.42. The van der Waals surface area contributed by atoms with Gasteiger partial charge in [0.15, 0.2) is 11.3 Å². The van der Waals surface area contributed by atoms with E-state index in [0.29, 0.717) is 10.0 Å². The molecule has 16 heavy (non-hydrogen) atoms. The van der Waals surface area contributed by atoms with Gasteiger partial charge < -0.3 is 5.21 Å². The molecule has 0 saturated carbocycles. The van der Waals surface area contributed by atoms with Gasteiger partial charge in [-0.3, -0.25) is 0 Å². The third-order valence-electron chi connectivity index (χ3n) is 3.02. The van der Waals surface area contributed by atoms with E-state index in [1.165, 1.54) is 0 Å². The van der Waals surface area contributed by atoms with Gasteiger partial charge in [0.2, 0.25) is 0 Å². The van der Waals surface area contributed by atoms with E-state index >= 15 is 0 Å². The van der Waals surface area contributed by atoms with Crippen molar-refractivity contribution in [3.05, 3.63) is 39.0 Å². The Balaban J connectivity index is 2.46. The van der Waals surface area contributed by atoms with E-state index in [4.69, 9.17) is 23.2 Å². The molecule has 2 nitrogen and oxygen atoms in total. The van der Waals surface area contributed by atoms with Gasteiger partial charge in [0.1, 0.15) is 0 Å². The quantitative estimate of drug-likeness (QED) is 0.554. The Kier molecular flexibility index (Phi) is 2.89. The fourth-order valence-corrected chi connectivity index (χ4v) is 2.23. The topological polar surface area (TPSA) is 26.1 Å². The van der Waals surface area contributed by atoms with E-state index in [1.54, 1.807) is 12.1 Å². The molecular weight excluding hydrogens is 245 g/mol. The average molecular weight is 258 g/mol. The van der Waals surface area contributed by atoms with Crippen LogP contribution < -0.4 is 0 Å². The van der Waals surface area contributed by atoms with Crippen LogP contribution in [0.2, 0.25) is 10.0 Å². The van der Waals surface area contributed by atoms with Gasteiger partial charge in [-0.25, -0.2) is 4.74 Å². The minimum atomic E-state index is -0.318. The van der Waals surface area contributed by atoms with Crippen LogP contribution in [0.3, 0.4) is 0 Å². The Morgan fingerprint density at radius 2 is 1.94 bits per heavy atom. The molecule has 0 spiro atoms. The van der Waals surface area contributed by atoms with Gasteiger partial charge in [-0.1, -0.05) is 23.2 Å². The molecule has 0 fully saturated rings. The molecule has 4 heteroatoms. The van der Waals surface area contributed by atoms with Crippen LogP contribution in [0.1, 0.15) is 32.3 Å². The zero-order valence-corrected chi connectivity index (χ0v) is 10.8. The van der Waals surface area contributed by atoms with Gasteiger partial charge >= 0.3 is 0 Å². The molecule has 0 amide bonds. The molecule has 0 radical (unpaired) electrons. The zero-order chi connectivity index (χ0) is 11.9. The van der Waals surface area contributed by atoms with Crippen LogP contribution in [-0.4, -0.2) is 16.0 Å². The minimum absolute atomic E-state index is 0.318. The molecule has 0 aliphatic carbocycles. The second-order valence-corrected chi connectivity index (χ2v) is 5.50. The van der Waals surface area contributed by atoms with Crippen molar-refractivity contribution in [2.24, 2.45) is 0 Å². The van der Waals surface area contributed by atoms with E-state index in [2.05, 4.69) is 0 Å². The number of hydrogen-bond acceptors (Lipinski definition) is 1. The van der Waals surface area contributed by atoms with Crippen molar-refractivity contribution < 1.29 is 4.74 Å². The van der Waals surface area contributed by atoms with Crippen LogP contribution in [0.4, 0.5) is 0 Å². The molecule has 0 unspecified atom stereocenters. The highest BCUT2D eigenvalue weighted by Crippen LogP contribution is 2.29. The summed E-state index contributed by atoms with van der Waals surface area (Å²) in [6.45, 7) is 3.90. The number of hydrogen-bond donors (Lipinski definition) is 0. The van der Waals surface area contributed by atoms with Crippen LogP contribution in [0.15, 0.2) is 18.2 Å². The van der Waals surface area contributed by atoms with Gasteiger partial charge in [-0.05, 0) is 18.2 Å². The predicted molar refractivity (Wildman–Crippen MR) is 67.5 cm³/mol. The normalized spacial score (nSPS) is 19.2. The molecule has 0 atom stereocenters. The summed E-state index contributed by atoms with van der Waals surface area (Å²) in [5.41, 5.74) is 1.35. The first-order valence-corrected chi connectivity index (χ1v) is 5.96. The monoisotopic (exact) mass is 257 g/mol. The van der Waals surface area contributed by atoms with Crippen molar-refractivity contribution in [2.45, 2.75) is 32.2 Å². The molecular formula is C12H13Cl2NO. The van der Waals surface area contributed by atoms with E-state index in [1.807, 2.05) is 19.9 Å². The first-order valence-electron chi connectivity index (χ1n) is 5.20. The molecule has 2 rings (SSSR count). The molecule has 1 aromatic carbocycles. The average Bonchev–Trinajstić information content (AvgIpc) is 2.48. The van der Waals surface area contributed by atoms with Crippen LogP contribution in [0.5, 0.6) is 0 Å². The fourth-order valence-electron chi connectivity index (χ4n) is 1.93. The van der Waals surface area contributed by atoms with E-state index < -0.39 is 0 Å². The van der Waals surface area contributed by atoms with Gasteiger partial charge in [-0.15, -0.1) is 0 Å². The van der Waals surface area contributed by atoms with Gasteiger partial charge in [-0.2, -0.15) is 0 Å². The minimum Gasteiger partial charge on any atom is -0.623 e. The smallest absolute Gasteiger partial charge is 0.195 e. The second kappa shape index (κ2) is 3.94. The molecule has 0 saturated heterocycles. The molecule has 1 aromatic rings. The van der Waals surface area contributed by atoms with Crippen LogP contribution in [0, 0.1) is 5.21 Å². The van der Waals surface area contributed by atoms with E-state index in [-0.39, 0.29) is 5.54 Å². The van der Waals surface area contributed by atoms with Crippen molar-refractivity contribution in [2.75, 3.05) is 0 Å². The van der Waals surface area contributed by atoms with Crippen molar-refractivity contribution in [1.29, 1.82) is 0 Å². The SMILES string of the molecule is CC1(C)CCC(c2ccc(Cl)c(Cl)c2)=[N+]1[O-]. The Labute approximate surface area is 105 Å². The lowest BCUT2D eigenvalue weighted by Crippen LogP contribution is -2.29. The Bertz CT molecular complexity index is 466. The molecule has 0 bridgehead atoms. The summed E-state index contributed by atoms with van der Waals surface area (Å²) in [7, 11) is 0. The first kappa shape index (κ1) is 11.7. The van der Waals surface area contributed by atoms with Gasteiger partial charge in [0.05, 0.1) is 10.0 Å². The van der Waals surface area contributed by atoms with E-state index in [0.717, 1.165) is 28.9 Å². The lowest BCUT2D eigenvalue weighted by molar-refractivity contribution is -0.530. The number of rotatable bonds is 1. The number of hydroxylamine groups is 1. The zero-order valence-electron chi connectivity index (χ0n) is 9.26. The van der Waals surface area contributed by atoms with Crippen molar-refractivity contribution >= 4 is 28.9 Å². The third kappa shape index (κ3) is 1.92. The number of benzene rings is 1. The second-order valence-electron chi connectivity index (χ2n) is 4.68. The number of halogens is 2. The van der Waals surface area contributed by atoms with Crippen molar-refractivity contribution in [1.82, 2.24) is 0 Å². The lowest BCUT2D eigenvalue weighted by Gasteiger charge is -2.18. The Morgan fingerprint density at radius 1 is 1.25 bits per heavy atom. The summed E-state index contributed by atoms with van der Waals surface area (Å²) < 4.78 is 1.09. The first-order chi connectivity index (χ1) is 7.42. The lowest BCUT2D eigenvalue weighted by atomic mass is 10.0. The number of nitrogens with zero attached hydrogens (tertiary/aromatic N) is 1. The van der Waals surface area contributed by atoms with Gasteiger partial charge in [0, 0.05) is 32.3 Å². The van der Waals surface area contributed by atoms with E-state index in [9.17, 15) is 5.21 Å². The Morgan fingerprint density at radius 3 is 2.44 bits per heavy atom. The van der Waals surface area contributed by atoms with Crippen LogP contribution in [-0.2, 0) is 0 Å². The standard InChI is InChI=1S/C12H13Cl2NO/c1-12(2)6-5-11(15(12)16)8-3-4-9(13)10(14)7-8/h3-4,7H,5-6H2,1-2H3. The Hall–Kier alpha value is -0.730. The largest absolute Gasteiger partial charge is 0.623 e. The van der Waals surface area contributed by atoms with Crippen LogP contribution >= 0.6 is 23.2 Å². The van der Waals surface area contributed by atoms with Crippen molar-refractivity contribution in [3.63, 3.8) is 0 Å². The summed E-state index contributed by atoms with van der Waals surface area (Å²) >= 11 is 11.8. The third-order valence-corrected chi connectivity index (χ3v) is 3.76. The maximum absolute atomic E-state index is 12.0. The van der Waals surface area contributed by atoms with Gasteiger partial charge in [0.25, 0.3) is 0 Å². The van der Waals surface area contributed by atoms with Crippen LogP contribution in [0.25, 0.3) is 0 Å². The molecule has 1 aliphatic rings. The summed E-state index contributed by atoms with van der Waals surface area (Å²) in [6.07, 6.45) is 1.65. The summed E-state index contributed by atoms with van der Waals surface area (Å²) in [5, 5.41) is 13.0. The summed E-state index contributed by atoms with van der Waals surface area (Å²) in [5.74, 6) is 0.